The molecular weight excluding hydrogens is 363 g/mol. The molecule has 0 spiro atoms. The molecule has 0 unspecified atom stereocenters. The molecule has 0 aromatic heterocycles. The zero-order valence-corrected chi connectivity index (χ0v) is 15.4. The van der Waals surface area contributed by atoms with E-state index in [1.54, 1.807) is 18.2 Å². The molecule has 1 fully saturated rings. The Kier molecular flexibility index (Phi) is 4.99. The van der Waals surface area contributed by atoms with Gasteiger partial charge in [-0.05, 0) is 54.4 Å². The Morgan fingerprint density at radius 3 is 2.46 bits per heavy atom. The largest absolute Gasteiger partial charge is 0.300 e. The zero-order chi connectivity index (χ0) is 17.3. The van der Waals surface area contributed by atoms with E-state index in [1.165, 1.54) is 11.8 Å². The summed E-state index contributed by atoms with van der Waals surface area (Å²) in [4.78, 5) is 17.3. The van der Waals surface area contributed by atoms with Crippen LogP contribution in [0.25, 0.3) is 6.08 Å². The third-order valence-electron chi connectivity index (χ3n) is 3.57. The summed E-state index contributed by atoms with van der Waals surface area (Å²) in [5, 5.41) is 4.24. The van der Waals surface area contributed by atoms with Crippen LogP contribution >= 0.6 is 35.0 Å². The molecule has 6 heteroatoms. The molecule has 0 saturated carbocycles. The van der Waals surface area contributed by atoms with Crippen molar-refractivity contribution in [3.8, 4) is 0 Å². The first kappa shape index (κ1) is 17.1. The first-order valence-electron chi connectivity index (χ1n) is 7.25. The fraction of sp³-hybridized carbons (Fsp3) is 0.111. The number of amides is 1. The molecule has 0 aliphatic carbocycles. The number of hydrogen-bond donors (Lipinski definition) is 1. The highest BCUT2D eigenvalue weighted by Gasteiger charge is 2.24. The van der Waals surface area contributed by atoms with Crippen LogP contribution in [-0.2, 0) is 4.79 Å². The summed E-state index contributed by atoms with van der Waals surface area (Å²) in [6.45, 7) is 3.99. The van der Waals surface area contributed by atoms with E-state index in [0.717, 1.165) is 16.8 Å². The van der Waals surface area contributed by atoms with Gasteiger partial charge in [0.1, 0.15) is 0 Å². The van der Waals surface area contributed by atoms with Crippen molar-refractivity contribution in [1.82, 2.24) is 5.32 Å². The summed E-state index contributed by atoms with van der Waals surface area (Å²) in [6.07, 6.45) is 1.72. The molecule has 0 bridgehead atoms. The van der Waals surface area contributed by atoms with E-state index in [2.05, 4.69) is 10.3 Å². The van der Waals surface area contributed by atoms with Gasteiger partial charge in [-0.3, -0.25) is 4.79 Å². The van der Waals surface area contributed by atoms with Crippen LogP contribution in [0.1, 0.15) is 16.7 Å². The van der Waals surface area contributed by atoms with Gasteiger partial charge in [-0.25, -0.2) is 4.99 Å². The lowest BCUT2D eigenvalue weighted by molar-refractivity contribution is -0.115. The van der Waals surface area contributed by atoms with Gasteiger partial charge in [0.15, 0.2) is 5.17 Å². The molecule has 2 aromatic carbocycles. The summed E-state index contributed by atoms with van der Waals surface area (Å²) in [6, 6.07) is 11.3. The standard InChI is InChI=1S/C18H14Cl2N2OS/c1-10-5-3-6-11(2)16(10)21-18-22-17(23)14(24-18)9-12-7-4-8-13(19)15(12)20/h3-9H,1-2H3,(H,21,22,23)/b14-9+. The average Bonchev–Trinajstić information content (AvgIpc) is 2.88. The molecule has 0 radical (unpaired) electrons. The maximum Gasteiger partial charge on any atom is 0.264 e. The van der Waals surface area contributed by atoms with Gasteiger partial charge in [0.2, 0.25) is 0 Å². The highest BCUT2D eigenvalue weighted by atomic mass is 35.5. The smallest absolute Gasteiger partial charge is 0.264 e. The monoisotopic (exact) mass is 376 g/mol. The highest BCUT2D eigenvalue weighted by molar-refractivity contribution is 8.18. The van der Waals surface area contributed by atoms with Crippen LogP contribution in [0.4, 0.5) is 5.69 Å². The molecule has 1 N–H and O–H groups in total. The second kappa shape index (κ2) is 7.01. The fourth-order valence-corrected chi connectivity index (χ4v) is 3.52. The molecule has 0 atom stereocenters. The predicted octanol–water partition coefficient (Wildman–Crippen LogP) is 5.50. The number of thioether (sulfide) groups is 1. The van der Waals surface area contributed by atoms with Crippen LogP contribution < -0.4 is 5.32 Å². The number of carbonyl (C=O) groups excluding carboxylic acids is 1. The predicted molar refractivity (Wildman–Crippen MR) is 103 cm³/mol. The summed E-state index contributed by atoms with van der Waals surface area (Å²) in [5.41, 5.74) is 3.71. The van der Waals surface area contributed by atoms with E-state index in [1.807, 2.05) is 38.1 Å². The van der Waals surface area contributed by atoms with Gasteiger partial charge in [0, 0.05) is 0 Å². The van der Waals surface area contributed by atoms with Crippen molar-refractivity contribution >= 4 is 57.8 Å². The molecular formula is C18H14Cl2N2OS. The van der Waals surface area contributed by atoms with Crippen molar-refractivity contribution in [3.05, 3.63) is 68.0 Å². The van der Waals surface area contributed by atoms with E-state index in [9.17, 15) is 4.79 Å². The molecule has 1 aliphatic rings. The minimum atomic E-state index is -0.193. The van der Waals surface area contributed by atoms with E-state index in [4.69, 9.17) is 23.2 Å². The summed E-state index contributed by atoms with van der Waals surface area (Å²) in [5.74, 6) is -0.193. The van der Waals surface area contributed by atoms with Crippen LogP contribution in [0.3, 0.4) is 0 Å². The number of aliphatic imine (C=N–C) groups is 1. The second-order valence-electron chi connectivity index (χ2n) is 5.37. The lowest BCUT2D eigenvalue weighted by Gasteiger charge is -2.04. The molecule has 1 aliphatic heterocycles. The number of halogens is 2. The van der Waals surface area contributed by atoms with Gasteiger partial charge in [0.05, 0.1) is 20.6 Å². The minimum Gasteiger partial charge on any atom is -0.300 e. The second-order valence-corrected chi connectivity index (χ2v) is 7.18. The molecule has 3 nitrogen and oxygen atoms in total. The van der Waals surface area contributed by atoms with Crippen LogP contribution in [0.2, 0.25) is 10.0 Å². The van der Waals surface area contributed by atoms with Gasteiger partial charge in [-0.1, -0.05) is 53.5 Å². The van der Waals surface area contributed by atoms with E-state index < -0.39 is 0 Å². The third-order valence-corrected chi connectivity index (χ3v) is 5.32. The first-order valence-corrected chi connectivity index (χ1v) is 8.83. The number of nitrogens with zero attached hydrogens (tertiary/aromatic N) is 1. The Hall–Kier alpha value is -1.75. The SMILES string of the molecule is Cc1cccc(C)c1N=C1NC(=O)/C(=C\c2cccc(Cl)c2Cl)S1. The number of para-hydroxylation sites is 1. The maximum atomic E-state index is 12.2. The lowest BCUT2D eigenvalue weighted by Crippen LogP contribution is -2.19. The van der Waals surface area contributed by atoms with Gasteiger partial charge in [-0.2, -0.15) is 0 Å². The van der Waals surface area contributed by atoms with Crippen molar-refractivity contribution in [3.63, 3.8) is 0 Å². The lowest BCUT2D eigenvalue weighted by atomic mass is 10.1. The van der Waals surface area contributed by atoms with Gasteiger partial charge in [0.25, 0.3) is 5.91 Å². The molecule has 1 heterocycles. The summed E-state index contributed by atoms with van der Waals surface area (Å²) >= 11 is 13.5. The van der Waals surface area contributed by atoms with Crippen LogP contribution in [-0.4, -0.2) is 11.1 Å². The molecule has 1 saturated heterocycles. The van der Waals surface area contributed by atoms with Gasteiger partial charge >= 0.3 is 0 Å². The van der Waals surface area contributed by atoms with Crippen LogP contribution in [0.15, 0.2) is 46.3 Å². The number of hydrogen-bond acceptors (Lipinski definition) is 3. The fourth-order valence-electron chi connectivity index (χ4n) is 2.34. The van der Waals surface area contributed by atoms with Crippen LogP contribution in [0, 0.1) is 13.8 Å². The molecule has 24 heavy (non-hydrogen) atoms. The zero-order valence-electron chi connectivity index (χ0n) is 13.1. The van der Waals surface area contributed by atoms with Crippen molar-refractivity contribution in [2.75, 3.05) is 0 Å². The number of benzene rings is 2. The summed E-state index contributed by atoms with van der Waals surface area (Å²) < 4.78 is 0. The van der Waals surface area contributed by atoms with Crippen LogP contribution in [0.5, 0.6) is 0 Å². The average molecular weight is 377 g/mol. The Labute approximate surface area is 154 Å². The van der Waals surface area contributed by atoms with E-state index in [-0.39, 0.29) is 5.91 Å². The highest BCUT2D eigenvalue weighted by Crippen LogP contribution is 2.33. The molecule has 3 rings (SSSR count). The first-order chi connectivity index (χ1) is 11.5. The maximum absolute atomic E-state index is 12.2. The number of nitrogens with one attached hydrogen (secondary N) is 1. The number of amidine groups is 1. The van der Waals surface area contributed by atoms with Gasteiger partial charge < -0.3 is 5.32 Å². The number of aryl methyl sites for hydroxylation is 2. The van der Waals surface area contributed by atoms with Crippen molar-refractivity contribution < 1.29 is 4.79 Å². The Bertz CT molecular complexity index is 870. The normalized spacial score (nSPS) is 17.6. The minimum absolute atomic E-state index is 0.193. The van der Waals surface area contributed by atoms with Gasteiger partial charge in [-0.15, -0.1) is 0 Å². The Morgan fingerprint density at radius 2 is 1.75 bits per heavy atom. The van der Waals surface area contributed by atoms with Crippen molar-refractivity contribution in [1.29, 1.82) is 0 Å². The Balaban J connectivity index is 1.93. The molecule has 1 amide bonds. The number of rotatable bonds is 2. The quantitative estimate of drug-likeness (QED) is 0.702. The van der Waals surface area contributed by atoms with Crippen molar-refractivity contribution in [2.24, 2.45) is 4.99 Å². The number of carbonyl (C=O) groups is 1. The topological polar surface area (TPSA) is 41.5 Å². The summed E-state index contributed by atoms with van der Waals surface area (Å²) in [7, 11) is 0. The molecule has 122 valence electrons. The Morgan fingerprint density at radius 1 is 1.08 bits per heavy atom. The molecule has 2 aromatic rings. The van der Waals surface area contributed by atoms with Crippen molar-refractivity contribution in [2.45, 2.75) is 13.8 Å². The van der Waals surface area contributed by atoms with E-state index >= 15 is 0 Å². The third kappa shape index (κ3) is 3.51. The van der Waals surface area contributed by atoms with E-state index in [0.29, 0.717) is 25.7 Å².